The Hall–Kier alpha value is -1.54. The molecule has 0 radical (unpaired) electrons. The van der Waals surface area contributed by atoms with Gasteiger partial charge in [-0.25, -0.2) is 0 Å². The maximum Gasteiger partial charge on any atom is 0.124 e. The summed E-state index contributed by atoms with van der Waals surface area (Å²) in [5, 5.41) is 6.25. The number of ether oxygens (including phenoxy) is 1. The normalized spacial score (nSPS) is 11.4. The van der Waals surface area contributed by atoms with Crippen LogP contribution >= 0.6 is 0 Å². The Morgan fingerprint density at radius 2 is 1.69 bits per heavy atom. The number of unbranched alkanes of at least 4 members (excludes halogenated alkanes) is 5. The molecule has 2 nitrogen and oxygen atoms in total. The molecule has 0 atom stereocenters. The van der Waals surface area contributed by atoms with Gasteiger partial charge in [-0.3, -0.25) is 0 Å². The zero-order chi connectivity index (χ0) is 18.6. The Morgan fingerprint density at radius 1 is 0.923 bits per heavy atom. The van der Waals surface area contributed by atoms with Gasteiger partial charge in [0.15, 0.2) is 0 Å². The molecule has 0 bridgehead atoms. The number of benzene rings is 2. The second kappa shape index (κ2) is 12.0. The van der Waals surface area contributed by atoms with E-state index in [1.807, 2.05) is 0 Å². The summed E-state index contributed by atoms with van der Waals surface area (Å²) in [5.74, 6) is 1.71. The maximum atomic E-state index is 6.14. The lowest BCUT2D eigenvalue weighted by Crippen LogP contribution is -2.16. The van der Waals surface area contributed by atoms with Crippen LogP contribution in [-0.4, -0.2) is 13.2 Å². The van der Waals surface area contributed by atoms with Gasteiger partial charge in [0.1, 0.15) is 5.75 Å². The molecule has 1 N–H and O–H groups in total. The quantitative estimate of drug-likeness (QED) is 0.403. The minimum Gasteiger partial charge on any atom is -0.493 e. The van der Waals surface area contributed by atoms with Crippen molar-refractivity contribution in [2.75, 3.05) is 13.2 Å². The molecular weight excluding hydrogens is 318 g/mol. The van der Waals surface area contributed by atoms with Crippen LogP contribution in [0.25, 0.3) is 10.8 Å². The fourth-order valence-corrected chi connectivity index (χ4v) is 3.28. The van der Waals surface area contributed by atoms with Crippen LogP contribution in [0.15, 0.2) is 36.4 Å². The molecule has 2 aromatic rings. The van der Waals surface area contributed by atoms with Crippen molar-refractivity contribution in [3.05, 3.63) is 42.0 Å². The molecule has 0 aliphatic carbocycles. The van der Waals surface area contributed by atoms with E-state index < -0.39 is 0 Å². The minimum absolute atomic E-state index is 0.671. The predicted octanol–water partition coefficient (Wildman–Crippen LogP) is 6.71. The molecule has 0 aliphatic rings. The van der Waals surface area contributed by atoms with E-state index in [9.17, 15) is 0 Å². The van der Waals surface area contributed by atoms with Gasteiger partial charge in [-0.05, 0) is 42.1 Å². The summed E-state index contributed by atoms with van der Waals surface area (Å²) in [7, 11) is 0. The van der Waals surface area contributed by atoms with E-state index >= 15 is 0 Å². The standard InChI is InChI=1S/C24H37NO/c1-4-5-6-7-8-11-17-25-19-23-22-13-10-9-12-21(22)14-15-24(23)26-18-16-20(2)3/h9-10,12-15,20,25H,4-8,11,16-19H2,1-3H3. The van der Waals surface area contributed by atoms with Crippen molar-refractivity contribution in [3.8, 4) is 5.75 Å². The largest absolute Gasteiger partial charge is 0.493 e. The molecule has 2 heteroatoms. The van der Waals surface area contributed by atoms with Gasteiger partial charge < -0.3 is 10.1 Å². The van der Waals surface area contributed by atoms with E-state index in [2.05, 4.69) is 62.5 Å². The molecule has 0 aliphatic heterocycles. The third-order valence-electron chi connectivity index (χ3n) is 4.96. The van der Waals surface area contributed by atoms with Crippen LogP contribution in [0, 0.1) is 5.92 Å². The van der Waals surface area contributed by atoms with Crippen LogP contribution in [-0.2, 0) is 6.54 Å². The molecule has 26 heavy (non-hydrogen) atoms. The van der Waals surface area contributed by atoms with Crippen molar-refractivity contribution in [1.82, 2.24) is 5.32 Å². The van der Waals surface area contributed by atoms with E-state index in [0.717, 1.165) is 31.9 Å². The molecule has 144 valence electrons. The molecule has 0 unspecified atom stereocenters. The van der Waals surface area contributed by atoms with Gasteiger partial charge in [-0.1, -0.05) is 83.2 Å². The van der Waals surface area contributed by atoms with Crippen LogP contribution < -0.4 is 10.1 Å². The van der Waals surface area contributed by atoms with E-state index in [1.54, 1.807) is 0 Å². The highest BCUT2D eigenvalue weighted by atomic mass is 16.5. The monoisotopic (exact) mass is 355 g/mol. The van der Waals surface area contributed by atoms with Crippen LogP contribution in [0.2, 0.25) is 0 Å². The second-order valence-corrected chi connectivity index (χ2v) is 7.74. The molecule has 0 amide bonds. The Morgan fingerprint density at radius 3 is 2.50 bits per heavy atom. The number of nitrogens with one attached hydrogen (secondary N) is 1. The van der Waals surface area contributed by atoms with Crippen LogP contribution in [0.5, 0.6) is 5.75 Å². The number of fused-ring (bicyclic) bond motifs is 1. The lowest BCUT2D eigenvalue weighted by Gasteiger charge is -2.16. The fourth-order valence-electron chi connectivity index (χ4n) is 3.28. The summed E-state index contributed by atoms with van der Waals surface area (Å²) < 4.78 is 6.14. The zero-order valence-corrected chi connectivity index (χ0v) is 17.0. The Balaban J connectivity index is 1.92. The Bertz CT molecular complexity index is 635. The fraction of sp³-hybridized carbons (Fsp3) is 0.583. The third kappa shape index (κ3) is 6.99. The van der Waals surface area contributed by atoms with Gasteiger partial charge in [-0.2, -0.15) is 0 Å². The average molecular weight is 356 g/mol. The summed E-state index contributed by atoms with van der Waals surface area (Å²) in [6, 6.07) is 12.9. The van der Waals surface area contributed by atoms with Crippen LogP contribution in [0.3, 0.4) is 0 Å². The van der Waals surface area contributed by atoms with Crippen molar-refractivity contribution in [2.45, 2.75) is 72.3 Å². The molecule has 0 fully saturated rings. The first-order chi connectivity index (χ1) is 12.7. The van der Waals surface area contributed by atoms with Crippen molar-refractivity contribution in [1.29, 1.82) is 0 Å². The lowest BCUT2D eigenvalue weighted by molar-refractivity contribution is 0.286. The highest BCUT2D eigenvalue weighted by molar-refractivity contribution is 5.87. The van der Waals surface area contributed by atoms with Crippen LogP contribution in [0.1, 0.15) is 71.3 Å². The molecule has 0 aromatic heterocycles. The van der Waals surface area contributed by atoms with E-state index in [-0.39, 0.29) is 0 Å². The Kier molecular flexibility index (Phi) is 9.55. The minimum atomic E-state index is 0.671. The predicted molar refractivity (Wildman–Crippen MR) is 114 cm³/mol. The van der Waals surface area contributed by atoms with Gasteiger partial charge in [-0.15, -0.1) is 0 Å². The smallest absolute Gasteiger partial charge is 0.124 e. The van der Waals surface area contributed by atoms with Gasteiger partial charge in [0.25, 0.3) is 0 Å². The molecule has 0 spiro atoms. The van der Waals surface area contributed by atoms with Gasteiger partial charge in [0.05, 0.1) is 6.61 Å². The summed E-state index contributed by atoms with van der Waals surface area (Å²) >= 11 is 0. The number of hydrogen-bond donors (Lipinski definition) is 1. The summed E-state index contributed by atoms with van der Waals surface area (Å²) in [5.41, 5.74) is 1.30. The van der Waals surface area contributed by atoms with Crippen LogP contribution in [0.4, 0.5) is 0 Å². The van der Waals surface area contributed by atoms with Crippen molar-refractivity contribution in [3.63, 3.8) is 0 Å². The molecule has 2 aromatic carbocycles. The summed E-state index contributed by atoms with van der Waals surface area (Å²) in [6.45, 7) is 9.51. The number of hydrogen-bond acceptors (Lipinski definition) is 2. The van der Waals surface area contributed by atoms with Crippen molar-refractivity contribution in [2.24, 2.45) is 5.92 Å². The number of rotatable bonds is 13. The van der Waals surface area contributed by atoms with E-state index in [4.69, 9.17) is 4.74 Å². The first-order valence-electron chi connectivity index (χ1n) is 10.6. The SMILES string of the molecule is CCCCCCCCNCc1c(OCCC(C)C)ccc2ccccc12. The van der Waals surface area contributed by atoms with E-state index in [1.165, 1.54) is 54.9 Å². The van der Waals surface area contributed by atoms with Gasteiger partial charge in [0, 0.05) is 12.1 Å². The second-order valence-electron chi connectivity index (χ2n) is 7.74. The van der Waals surface area contributed by atoms with Crippen molar-refractivity contribution < 1.29 is 4.74 Å². The molecule has 0 heterocycles. The Labute approximate surface area is 160 Å². The van der Waals surface area contributed by atoms with Gasteiger partial charge in [0.2, 0.25) is 0 Å². The van der Waals surface area contributed by atoms with E-state index in [0.29, 0.717) is 5.92 Å². The average Bonchev–Trinajstić information content (AvgIpc) is 2.64. The summed E-state index contributed by atoms with van der Waals surface area (Å²) in [6.07, 6.45) is 9.14. The molecule has 0 saturated heterocycles. The summed E-state index contributed by atoms with van der Waals surface area (Å²) in [4.78, 5) is 0. The third-order valence-corrected chi connectivity index (χ3v) is 4.96. The van der Waals surface area contributed by atoms with Gasteiger partial charge >= 0.3 is 0 Å². The molecular formula is C24H37NO. The molecule has 2 rings (SSSR count). The highest BCUT2D eigenvalue weighted by Gasteiger charge is 2.09. The topological polar surface area (TPSA) is 21.3 Å². The first kappa shape index (κ1) is 20.8. The molecule has 0 saturated carbocycles. The lowest BCUT2D eigenvalue weighted by atomic mass is 10.0. The highest BCUT2D eigenvalue weighted by Crippen LogP contribution is 2.28. The van der Waals surface area contributed by atoms with Crippen molar-refractivity contribution >= 4 is 10.8 Å². The maximum absolute atomic E-state index is 6.14. The first-order valence-corrected chi connectivity index (χ1v) is 10.6. The zero-order valence-electron chi connectivity index (χ0n) is 17.0.